The lowest BCUT2D eigenvalue weighted by Crippen LogP contribution is -2.45. The fourth-order valence-electron chi connectivity index (χ4n) is 4.30. The van der Waals surface area contributed by atoms with Crippen molar-refractivity contribution in [2.24, 2.45) is 0 Å². The summed E-state index contributed by atoms with van der Waals surface area (Å²) in [7, 11) is 2.22. The van der Waals surface area contributed by atoms with Gasteiger partial charge >= 0.3 is 0 Å². The number of nitrogens with zero attached hydrogens (tertiary/aromatic N) is 2. The van der Waals surface area contributed by atoms with E-state index in [1.54, 1.807) is 0 Å². The van der Waals surface area contributed by atoms with Crippen molar-refractivity contribution in [3.8, 4) is 0 Å². The summed E-state index contributed by atoms with van der Waals surface area (Å²) in [6, 6.07) is 1.24. The molecule has 21 heavy (non-hydrogen) atoms. The molecule has 0 radical (unpaired) electrons. The molecule has 120 valence electrons. The lowest BCUT2D eigenvalue weighted by atomic mass is 10.1. The summed E-state index contributed by atoms with van der Waals surface area (Å²) in [5, 5.41) is 0. The third-order valence-corrected chi connectivity index (χ3v) is 5.77. The zero-order valence-electron chi connectivity index (χ0n) is 13.6. The Morgan fingerprint density at radius 1 is 1.14 bits per heavy atom. The Bertz CT molecular complexity index is 368. The van der Waals surface area contributed by atoms with Crippen molar-refractivity contribution in [3.05, 3.63) is 0 Å². The van der Waals surface area contributed by atoms with E-state index in [2.05, 4.69) is 23.8 Å². The number of likely N-dealkylation sites (N-methyl/N-ethyl adjacent to an activating group) is 1. The number of amides is 1. The standard InChI is InChI=1S/C17H30N2O2/c1-3-16(21-15-6-4-5-7-15)17(20)19-11-10-13-8-9-14(12-19)18(13)2/h13-16H,3-12H2,1-2H3/t13-,14+,16+/m1/s1. The molecule has 3 fully saturated rings. The summed E-state index contributed by atoms with van der Waals surface area (Å²) >= 11 is 0. The van der Waals surface area contributed by atoms with Gasteiger partial charge in [-0.1, -0.05) is 19.8 Å². The highest BCUT2D eigenvalue weighted by Crippen LogP contribution is 2.29. The fourth-order valence-corrected chi connectivity index (χ4v) is 4.30. The van der Waals surface area contributed by atoms with Crippen LogP contribution in [0.15, 0.2) is 0 Å². The molecule has 0 spiro atoms. The molecule has 2 aliphatic heterocycles. The van der Waals surface area contributed by atoms with Gasteiger partial charge in [-0.3, -0.25) is 9.69 Å². The van der Waals surface area contributed by atoms with E-state index in [1.807, 2.05) is 0 Å². The molecule has 3 rings (SSSR count). The van der Waals surface area contributed by atoms with Crippen molar-refractivity contribution in [3.63, 3.8) is 0 Å². The SMILES string of the molecule is CC[C@H](OC1CCCC1)C(=O)N1CC[C@H]2CC[C@@H](C1)N2C. The first-order valence-electron chi connectivity index (χ1n) is 8.85. The summed E-state index contributed by atoms with van der Waals surface area (Å²) in [5.41, 5.74) is 0. The van der Waals surface area contributed by atoms with Crippen molar-refractivity contribution >= 4 is 5.91 Å². The van der Waals surface area contributed by atoms with E-state index in [1.165, 1.54) is 25.7 Å². The second-order valence-corrected chi connectivity index (χ2v) is 7.06. The van der Waals surface area contributed by atoms with E-state index in [0.717, 1.165) is 38.8 Å². The highest BCUT2D eigenvalue weighted by molar-refractivity contribution is 5.81. The highest BCUT2D eigenvalue weighted by Gasteiger charge is 2.37. The lowest BCUT2D eigenvalue weighted by molar-refractivity contribution is -0.148. The predicted molar refractivity (Wildman–Crippen MR) is 83.2 cm³/mol. The van der Waals surface area contributed by atoms with E-state index in [4.69, 9.17) is 4.74 Å². The van der Waals surface area contributed by atoms with E-state index in [0.29, 0.717) is 18.2 Å². The third-order valence-electron chi connectivity index (χ3n) is 5.77. The lowest BCUT2D eigenvalue weighted by Gasteiger charge is -2.30. The molecule has 0 aromatic rings. The Labute approximate surface area is 128 Å². The quantitative estimate of drug-likeness (QED) is 0.798. The van der Waals surface area contributed by atoms with Crippen LogP contribution in [0.4, 0.5) is 0 Å². The van der Waals surface area contributed by atoms with E-state index in [9.17, 15) is 4.79 Å². The molecule has 0 aromatic carbocycles. The van der Waals surface area contributed by atoms with Crippen LogP contribution in [0.25, 0.3) is 0 Å². The molecule has 1 amide bonds. The number of carbonyl (C=O) groups excluding carboxylic acids is 1. The maximum absolute atomic E-state index is 12.8. The number of hydrogen-bond acceptors (Lipinski definition) is 3. The highest BCUT2D eigenvalue weighted by atomic mass is 16.5. The molecule has 0 N–H and O–H groups in total. The van der Waals surface area contributed by atoms with Gasteiger partial charge in [0.25, 0.3) is 5.91 Å². The van der Waals surface area contributed by atoms with Crippen LogP contribution < -0.4 is 0 Å². The van der Waals surface area contributed by atoms with Gasteiger partial charge in [0.2, 0.25) is 0 Å². The van der Waals surface area contributed by atoms with Crippen molar-refractivity contribution in [2.75, 3.05) is 20.1 Å². The molecule has 1 saturated carbocycles. The van der Waals surface area contributed by atoms with Gasteiger partial charge < -0.3 is 9.64 Å². The molecule has 4 nitrogen and oxygen atoms in total. The van der Waals surface area contributed by atoms with Gasteiger partial charge in [-0.2, -0.15) is 0 Å². The zero-order chi connectivity index (χ0) is 14.8. The molecule has 2 bridgehead atoms. The average Bonchev–Trinajstić information content (AvgIpc) is 3.05. The van der Waals surface area contributed by atoms with Gasteiger partial charge in [0.1, 0.15) is 6.10 Å². The molecule has 4 heteroatoms. The topological polar surface area (TPSA) is 32.8 Å². The number of rotatable bonds is 4. The zero-order valence-corrected chi connectivity index (χ0v) is 13.6. The van der Waals surface area contributed by atoms with E-state index < -0.39 is 0 Å². The van der Waals surface area contributed by atoms with Crippen LogP contribution in [-0.4, -0.2) is 60.1 Å². The van der Waals surface area contributed by atoms with Gasteiger partial charge in [0.15, 0.2) is 0 Å². The minimum absolute atomic E-state index is 0.213. The van der Waals surface area contributed by atoms with Gasteiger partial charge in [-0.15, -0.1) is 0 Å². The normalized spacial score (nSPS) is 32.4. The summed E-state index contributed by atoms with van der Waals surface area (Å²) < 4.78 is 6.12. The van der Waals surface area contributed by atoms with Crippen LogP contribution in [0.5, 0.6) is 0 Å². The minimum atomic E-state index is -0.213. The number of hydrogen-bond donors (Lipinski definition) is 0. The third kappa shape index (κ3) is 3.26. The maximum Gasteiger partial charge on any atom is 0.251 e. The van der Waals surface area contributed by atoms with Crippen molar-refractivity contribution < 1.29 is 9.53 Å². The molecule has 0 aromatic heterocycles. The molecule has 0 unspecified atom stereocenters. The number of carbonyl (C=O) groups is 1. The molecule has 1 aliphatic carbocycles. The Kier molecular flexibility index (Phi) is 4.85. The Balaban J connectivity index is 1.60. The summed E-state index contributed by atoms with van der Waals surface area (Å²) in [4.78, 5) is 17.4. The molecule has 3 aliphatic rings. The molecular formula is C17H30N2O2. The fraction of sp³-hybridized carbons (Fsp3) is 0.941. The smallest absolute Gasteiger partial charge is 0.251 e. The van der Waals surface area contributed by atoms with Gasteiger partial charge in [-0.05, 0) is 45.6 Å². The van der Waals surface area contributed by atoms with Gasteiger partial charge in [-0.25, -0.2) is 0 Å². The van der Waals surface area contributed by atoms with Crippen LogP contribution in [0, 0.1) is 0 Å². The first-order valence-corrected chi connectivity index (χ1v) is 8.85. The second kappa shape index (κ2) is 6.66. The molecular weight excluding hydrogens is 264 g/mol. The van der Waals surface area contributed by atoms with Crippen molar-refractivity contribution in [2.45, 2.75) is 82.6 Å². The average molecular weight is 294 g/mol. The monoisotopic (exact) mass is 294 g/mol. The van der Waals surface area contributed by atoms with Crippen LogP contribution in [0.1, 0.15) is 58.3 Å². The van der Waals surface area contributed by atoms with Crippen molar-refractivity contribution in [1.29, 1.82) is 0 Å². The Hall–Kier alpha value is -0.610. The predicted octanol–water partition coefficient (Wildman–Crippen LogP) is 2.42. The van der Waals surface area contributed by atoms with Crippen molar-refractivity contribution in [1.82, 2.24) is 9.80 Å². The van der Waals surface area contributed by atoms with Crippen LogP contribution >= 0.6 is 0 Å². The second-order valence-electron chi connectivity index (χ2n) is 7.06. The largest absolute Gasteiger partial charge is 0.365 e. The van der Waals surface area contributed by atoms with Gasteiger partial charge in [0.05, 0.1) is 6.10 Å². The summed E-state index contributed by atoms with van der Waals surface area (Å²) in [6.45, 7) is 3.89. The first kappa shape index (κ1) is 15.3. The van der Waals surface area contributed by atoms with Crippen LogP contribution in [0.2, 0.25) is 0 Å². The number of ether oxygens (including phenoxy) is 1. The van der Waals surface area contributed by atoms with Crippen LogP contribution in [-0.2, 0) is 9.53 Å². The number of fused-ring (bicyclic) bond motifs is 2. The first-order chi connectivity index (χ1) is 10.2. The maximum atomic E-state index is 12.8. The Morgan fingerprint density at radius 2 is 1.86 bits per heavy atom. The van der Waals surface area contributed by atoms with Gasteiger partial charge in [0, 0.05) is 25.2 Å². The summed E-state index contributed by atoms with van der Waals surface area (Å²) in [6.07, 6.45) is 9.37. The molecule has 3 atom stereocenters. The Morgan fingerprint density at radius 3 is 2.57 bits per heavy atom. The van der Waals surface area contributed by atoms with E-state index >= 15 is 0 Å². The summed E-state index contributed by atoms with van der Waals surface area (Å²) in [5.74, 6) is 0.241. The van der Waals surface area contributed by atoms with E-state index in [-0.39, 0.29) is 12.0 Å². The minimum Gasteiger partial charge on any atom is -0.365 e. The number of likely N-dealkylation sites (tertiary alicyclic amines) is 1. The molecule has 2 heterocycles. The molecule has 2 saturated heterocycles. The van der Waals surface area contributed by atoms with Crippen LogP contribution in [0.3, 0.4) is 0 Å².